The van der Waals surface area contributed by atoms with Gasteiger partial charge in [-0.05, 0) is 35.6 Å². The highest BCUT2D eigenvalue weighted by Crippen LogP contribution is 2.48. The molecule has 1 fully saturated rings. The number of nitrogens with two attached hydrogens (primary N) is 1. The highest BCUT2D eigenvalue weighted by Gasteiger charge is 2.49. The van der Waals surface area contributed by atoms with Gasteiger partial charge in [-0.1, -0.05) is 13.0 Å². The number of benzene rings is 1. The van der Waals surface area contributed by atoms with Crippen LogP contribution in [0.5, 0.6) is 0 Å². The van der Waals surface area contributed by atoms with Crippen molar-refractivity contribution in [2.24, 2.45) is 5.73 Å². The fraction of sp³-hybridized carbons (Fsp3) is 0.273. The molecule has 4 heterocycles. The van der Waals surface area contributed by atoms with Gasteiger partial charge in [-0.3, -0.25) is 9.78 Å². The second kappa shape index (κ2) is 7.37. The molecule has 8 heteroatoms. The van der Waals surface area contributed by atoms with E-state index in [-0.39, 0.29) is 5.41 Å². The predicted octanol–water partition coefficient (Wildman–Crippen LogP) is 3.17. The minimum atomic E-state index is -0.487. The summed E-state index contributed by atoms with van der Waals surface area (Å²) in [7, 11) is 0. The minimum Gasteiger partial charge on any atom is -0.379 e. The lowest BCUT2D eigenvalue weighted by atomic mass is 9.81. The molecule has 2 N–H and O–H groups in total. The van der Waals surface area contributed by atoms with Crippen molar-refractivity contribution in [3.8, 4) is 11.3 Å². The summed E-state index contributed by atoms with van der Waals surface area (Å²) in [4.78, 5) is 28.4. The van der Waals surface area contributed by atoms with E-state index in [2.05, 4.69) is 45.0 Å². The molecule has 1 spiro atoms. The lowest BCUT2D eigenvalue weighted by molar-refractivity contribution is -0.0507. The lowest BCUT2D eigenvalue weighted by Crippen LogP contribution is -2.49. The first-order valence-electron chi connectivity index (χ1n) is 9.80. The summed E-state index contributed by atoms with van der Waals surface area (Å²) < 4.78 is 5.57. The third-order valence-corrected chi connectivity index (χ3v) is 6.46. The maximum Gasteiger partial charge on any atom is 0.248 e. The number of fused-ring (bicyclic) bond motifs is 2. The van der Waals surface area contributed by atoms with Crippen molar-refractivity contribution in [1.29, 1.82) is 0 Å². The summed E-state index contributed by atoms with van der Waals surface area (Å²) in [6.07, 6.45) is 5.04. The van der Waals surface area contributed by atoms with Gasteiger partial charge in [0, 0.05) is 46.8 Å². The molecule has 1 saturated heterocycles. The van der Waals surface area contributed by atoms with Crippen LogP contribution in [0.15, 0.2) is 53.8 Å². The molecule has 2 aliphatic rings. The first kappa shape index (κ1) is 19.0. The number of rotatable bonds is 5. The Morgan fingerprint density at radius 3 is 2.67 bits per heavy atom. The smallest absolute Gasteiger partial charge is 0.248 e. The normalized spacial score (nSPS) is 16.4. The van der Waals surface area contributed by atoms with Crippen LogP contribution in [0.2, 0.25) is 0 Å². The van der Waals surface area contributed by atoms with Gasteiger partial charge in [-0.15, -0.1) is 11.8 Å². The molecular formula is C22H21N5O2S. The van der Waals surface area contributed by atoms with Crippen molar-refractivity contribution in [2.45, 2.75) is 17.2 Å². The Kier molecular flexibility index (Phi) is 4.67. The number of thioether (sulfide) groups is 1. The van der Waals surface area contributed by atoms with Crippen LogP contribution in [0.3, 0.4) is 0 Å². The number of nitrogens with zero attached hydrogens (tertiary/aromatic N) is 4. The first-order chi connectivity index (χ1) is 14.6. The number of amides is 1. The average Bonchev–Trinajstić information content (AvgIpc) is 3.09. The van der Waals surface area contributed by atoms with Crippen LogP contribution in [-0.2, 0) is 10.2 Å². The van der Waals surface area contributed by atoms with E-state index in [9.17, 15) is 4.79 Å². The Balaban J connectivity index is 1.49. The van der Waals surface area contributed by atoms with Gasteiger partial charge in [-0.25, -0.2) is 9.97 Å². The molecule has 1 amide bonds. The van der Waals surface area contributed by atoms with Crippen LogP contribution in [0.25, 0.3) is 11.3 Å². The Labute approximate surface area is 178 Å². The highest BCUT2D eigenvalue weighted by atomic mass is 32.2. The summed E-state index contributed by atoms with van der Waals surface area (Å²) in [6.45, 7) is 4.40. The summed E-state index contributed by atoms with van der Waals surface area (Å²) in [5.74, 6) is 1.18. The standard InChI is InChI=1S/C22H21N5O2S/c1-2-30-16-3-4-17-19(8-16)27(11-22(17)12-29-13-22)21-25-9-15(10-26-21)18-7-14(20(23)28)5-6-24-18/h3-10H,2,11-13H2,1H3,(H2,23,28). The zero-order chi connectivity index (χ0) is 20.7. The summed E-state index contributed by atoms with van der Waals surface area (Å²) in [6, 6.07) is 9.89. The third-order valence-electron chi connectivity index (χ3n) is 5.58. The van der Waals surface area contributed by atoms with Gasteiger partial charge in [-0.2, -0.15) is 0 Å². The van der Waals surface area contributed by atoms with Crippen molar-refractivity contribution in [1.82, 2.24) is 15.0 Å². The van der Waals surface area contributed by atoms with Gasteiger partial charge in [0.25, 0.3) is 0 Å². The van der Waals surface area contributed by atoms with E-state index in [1.807, 2.05) is 11.8 Å². The topological polar surface area (TPSA) is 94.2 Å². The molecule has 7 nitrogen and oxygen atoms in total. The van der Waals surface area contributed by atoms with Crippen LogP contribution in [0.4, 0.5) is 11.6 Å². The second-order valence-electron chi connectivity index (χ2n) is 7.54. The van der Waals surface area contributed by atoms with Crippen molar-refractivity contribution >= 4 is 29.3 Å². The molecule has 3 aromatic rings. The highest BCUT2D eigenvalue weighted by molar-refractivity contribution is 7.99. The number of primary amides is 1. The van der Waals surface area contributed by atoms with E-state index in [1.165, 1.54) is 10.5 Å². The van der Waals surface area contributed by atoms with Crippen molar-refractivity contribution in [2.75, 3.05) is 30.4 Å². The number of pyridine rings is 1. The number of carbonyl (C=O) groups is 1. The van der Waals surface area contributed by atoms with E-state index < -0.39 is 5.91 Å². The molecule has 0 unspecified atom stereocenters. The zero-order valence-electron chi connectivity index (χ0n) is 16.5. The van der Waals surface area contributed by atoms with Gasteiger partial charge in [0.15, 0.2) is 0 Å². The van der Waals surface area contributed by atoms with E-state index in [0.29, 0.717) is 17.2 Å². The van der Waals surface area contributed by atoms with E-state index in [1.54, 1.807) is 30.7 Å². The monoisotopic (exact) mass is 419 g/mol. The molecule has 30 heavy (non-hydrogen) atoms. The number of aromatic nitrogens is 3. The maximum atomic E-state index is 11.4. The van der Waals surface area contributed by atoms with Crippen molar-refractivity contribution in [3.63, 3.8) is 0 Å². The van der Waals surface area contributed by atoms with Gasteiger partial charge < -0.3 is 15.4 Å². The Hall–Kier alpha value is -2.97. The van der Waals surface area contributed by atoms with Crippen molar-refractivity contribution < 1.29 is 9.53 Å². The molecule has 0 saturated carbocycles. The number of hydrogen-bond acceptors (Lipinski definition) is 7. The molecule has 2 aliphatic heterocycles. The Bertz CT molecular complexity index is 1110. The van der Waals surface area contributed by atoms with E-state index in [4.69, 9.17) is 10.5 Å². The van der Waals surface area contributed by atoms with Crippen molar-refractivity contribution in [3.05, 3.63) is 60.0 Å². The largest absolute Gasteiger partial charge is 0.379 e. The first-order valence-corrected chi connectivity index (χ1v) is 10.8. The van der Waals surface area contributed by atoms with Gasteiger partial charge >= 0.3 is 0 Å². The van der Waals surface area contributed by atoms with Crippen LogP contribution >= 0.6 is 11.8 Å². The van der Waals surface area contributed by atoms with Crippen LogP contribution < -0.4 is 10.6 Å². The summed E-state index contributed by atoms with van der Waals surface area (Å²) >= 11 is 1.82. The zero-order valence-corrected chi connectivity index (χ0v) is 17.4. The number of ether oxygens (including phenoxy) is 1. The lowest BCUT2D eigenvalue weighted by Gasteiger charge is -2.38. The molecule has 2 aromatic heterocycles. The van der Waals surface area contributed by atoms with Crippen LogP contribution in [0.1, 0.15) is 22.8 Å². The predicted molar refractivity (Wildman–Crippen MR) is 116 cm³/mol. The Morgan fingerprint density at radius 2 is 2.00 bits per heavy atom. The summed E-state index contributed by atoms with van der Waals surface area (Å²) in [5.41, 5.74) is 9.60. The number of hydrogen-bond donors (Lipinski definition) is 1. The third kappa shape index (κ3) is 3.12. The van der Waals surface area contributed by atoms with E-state index in [0.717, 1.165) is 36.8 Å². The molecule has 0 aliphatic carbocycles. The maximum absolute atomic E-state index is 11.4. The molecule has 1 aromatic carbocycles. The van der Waals surface area contributed by atoms with E-state index >= 15 is 0 Å². The fourth-order valence-electron chi connectivity index (χ4n) is 4.02. The number of anilines is 2. The molecule has 0 bridgehead atoms. The Morgan fingerprint density at radius 1 is 1.20 bits per heavy atom. The minimum absolute atomic E-state index is 0.0180. The SMILES string of the molecule is CCSc1ccc2c(c1)N(c1ncc(-c3cc(C(N)=O)ccn3)cn1)CC21COC1. The molecule has 5 rings (SSSR count). The molecule has 152 valence electrons. The quantitative estimate of drug-likeness (QED) is 0.635. The van der Waals surface area contributed by atoms with Crippen LogP contribution in [0, 0.1) is 0 Å². The second-order valence-corrected chi connectivity index (χ2v) is 8.87. The summed E-state index contributed by atoms with van der Waals surface area (Å²) in [5, 5.41) is 0. The van der Waals surface area contributed by atoms with Gasteiger partial charge in [0.05, 0.1) is 24.3 Å². The van der Waals surface area contributed by atoms with Gasteiger partial charge in [0.1, 0.15) is 0 Å². The molecular weight excluding hydrogens is 398 g/mol. The molecule has 0 radical (unpaired) electrons. The average molecular weight is 420 g/mol. The fourth-order valence-corrected chi connectivity index (χ4v) is 4.71. The molecule has 0 atom stereocenters. The van der Waals surface area contributed by atoms with Crippen LogP contribution in [-0.4, -0.2) is 46.4 Å². The number of carbonyl (C=O) groups excluding carboxylic acids is 1. The van der Waals surface area contributed by atoms with Gasteiger partial charge in [0.2, 0.25) is 11.9 Å².